The van der Waals surface area contributed by atoms with Gasteiger partial charge in [0.25, 0.3) is 0 Å². The van der Waals surface area contributed by atoms with Crippen LogP contribution in [0.1, 0.15) is 34.5 Å². The summed E-state index contributed by atoms with van der Waals surface area (Å²) in [4.78, 5) is 11.8. The van der Waals surface area contributed by atoms with Gasteiger partial charge in [-0.3, -0.25) is 0 Å². The number of thiophene rings is 1. The van der Waals surface area contributed by atoms with Gasteiger partial charge < -0.3 is 9.84 Å². The van der Waals surface area contributed by atoms with Gasteiger partial charge in [0.05, 0.1) is 13.2 Å². The number of aryl methyl sites for hydroxylation is 1. The van der Waals surface area contributed by atoms with Crippen molar-refractivity contribution >= 4 is 27.3 Å². The number of methoxy groups -OCH3 is 1. The molecule has 0 bridgehead atoms. The Bertz CT molecular complexity index is 623. The molecule has 0 amide bonds. The lowest BCUT2D eigenvalue weighted by Gasteiger charge is -2.12. The number of aliphatic hydroxyl groups excluding tert-OH is 1. The average molecular weight is 333 g/mol. The highest BCUT2D eigenvalue weighted by Gasteiger charge is 2.29. The summed E-state index contributed by atoms with van der Waals surface area (Å²) >= 11 is 1.06. The molecule has 118 valence electrons. The molecule has 1 aliphatic rings. The molecule has 1 saturated carbocycles. The summed E-state index contributed by atoms with van der Waals surface area (Å²) in [5, 5.41) is 11.1. The number of hydrogen-bond donors (Lipinski definition) is 2. The summed E-state index contributed by atoms with van der Waals surface area (Å²) < 4.78 is 32.0. The van der Waals surface area contributed by atoms with E-state index in [-0.39, 0.29) is 28.3 Å². The van der Waals surface area contributed by atoms with E-state index in [9.17, 15) is 18.3 Å². The van der Waals surface area contributed by atoms with Gasteiger partial charge in [-0.15, -0.1) is 11.3 Å². The van der Waals surface area contributed by atoms with Crippen molar-refractivity contribution in [2.45, 2.75) is 37.2 Å². The van der Waals surface area contributed by atoms with Crippen LogP contribution >= 0.6 is 11.3 Å². The first-order valence-corrected chi connectivity index (χ1v) is 9.05. The molecule has 21 heavy (non-hydrogen) atoms. The summed E-state index contributed by atoms with van der Waals surface area (Å²) in [7, 11) is -2.54. The van der Waals surface area contributed by atoms with Crippen molar-refractivity contribution in [3.63, 3.8) is 0 Å². The minimum atomic E-state index is -3.76. The monoisotopic (exact) mass is 333 g/mol. The molecule has 2 atom stereocenters. The van der Waals surface area contributed by atoms with Gasteiger partial charge >= 0.3 is 5.97 Å². The van der Waals surface area contributed by atoms with E-state index in [4.69, 9.17) is 0 Å². The highest BCUT2D eigenvalue weighted by molar-refractivity contribution is 7.89. The van der Waals surface area contributed by atoms with Gasteiger partial charge in [-0.1, -0.05) is 0 Å². The third-order valence-electron chi connectivity index (χ3n) is 3.63. The van der Waals surface area contributed by atoms with E-state index in [1.165, 1.54) is 7.11 Å². The van der Waals surface area contributed by atoms with Crippen molar-refractivity contribution in [3.05, 3.63) is 15.8 Å². The minimum Gasteiger partial charge on any atom is -0.465 e. The van der Waals surface area contributed by atoms with Gasteiger partial charge in [0, 0.05) is 6.54 Å². The fourth-order valence-electron chi connectivity index (χ4n) is 2.53. The molecule has 0 aliphatic heterocycles. The predicted molar refractivity (Wildman–Crippen MR) is 78.9 cm³/mol. The second-order valence-corrected chi connectivity index (χ2v) is 7.84. The average Bonchev–Trinajstić information content (AvgIpc) is 3.02. The van der Waals surface area contributed by atoms with Crippen molar-refractivity contribution in [1.29, 1.82) is 0 Å². The van der Waals surface area contributed by atoms with E-state index in [2.05, 4.69) is 9.46 Å². The Kier molecular flexibility index (Phi) is 5.03. The van der Waals surface area contributed by atoms with Gasteiger partial charge in [-0.25, -0.2) is 17.9 Å². The maximum Gasteiger partial charge on any atom is 0.349 e. The summed E-state index contributed by atoms with van der Waals surface area (Å²) in [6.45, 7) is 1.92. The van der Waals surface area contributed by atoms with E-state index in [1.807, 2.05) is 0 Å². The van der Waals surface area contributed by atoms with Crippen LogP contribution in [0.15, 0.2) is 10.3 Å². The van der Waals surface area contributed by atoms with Crippen LogP contribution in [-0.2, 0) is 14.8 Å². The second-order valence-electron chi connectivity index (χ2n) is 5.25. The number of carbonyl (C=O) groups excluding carboxylic acids is 1. The highest BCUT2D eigenvalue weighted by atomic mass is 32.2. The summed E-state index contributed by atoms with van der Waals surface area (Å²) in [5.41, 5.74) is 0.527. The van der Waals surface area contributed by atoms with Gasteiger partial charge in [0.1, 0.15) is 9.77 Å². The Hall–Kier alpha value is -0.960. The summed E-state index contributed by atoms with van der Waals surface area (Å²) in [6.07, 6.45) is 1.77. The zero-order valence-electron chi connectivity index (χ0n) is 12.0. The molecule has 1 aromatic heterocycles. The number of esters is 1. The fraction of sp³-hybridized carbons (Fsp3) is 0.615. The second kappa shape index (κ2) is 6.43. The lowest BCUT2D eigenvalue weighted by molar-refractivity contribution is 0.0602. The summed E-state index contributed by atoms with van der Waals surface area (Å²) in [5.74, 6) is -0.514. The first-order chi connectivity index (χ1) is 9.85. The molecule has 1 heterocycles. The molecule has 0 saturated heterocycles. The topological polar surface area (TPSA) is 92.7 Å². The Morgan fingerprint density at radius 1 is 1.52 bits per heavy atom. The molecule has 1 aliphatic carbocycles. The van der Waals surface area contributed by atoms with Crippen LogP contribution in [0.2, 0.25) is 0 Å². The van der Waals surface area contributed by atoms with Crippen molar-refractivity contribution in [3.8, 4) is 0 Å². The molecule has 0 radical (unpaired) electrons. The molecule has 0 aromatic carbocycles. The third-order valence-corrected chi connectivity index (χ3v) is 6.45. The van der Waals surface area contributed by atoms with Crippen LogP contribution in [-0.4, -0.2) is 39.3 Å². The maximum atomic E-state index is 12.4. The normalized spacial score (nSPS) is 22.4. The fourth-order valence-corrected chi connectivity index (χ4v) is 5.35. The molecule has 2 unspecified atom stereocenters. The number of aliphatic hydroxyl groups is 1. The molecular weight excluding hydrogens is 314 g/mol. The number of rotatable bonds is 5. The number of hydrogen-bond acceptors (Lipinski definition) is 6. The van der Waals surface area contributed by atoms with E-state index in [0.717, 1.165) is 17.8 Å². The van der Waals surface area contributed by atoms with E-state index in [0.29, 0.717) is 18.4 Å². The highest BCUT2D eigenvalue weighted by Crippen LogP contribution is 2.29. The lowest BCUT2D eigenvalue weighted by atomic mass is 10.1. The standard InChI is InChI=1S/C13H19NO5S2/c1-8-7-20-11(13(16)19-2)12(8)21(17,18)14-6-9-3-4-10(15)5-9/h7,9-10,14-15H,3-6H2,1-2H3. The van der Waals surface area contributed by atoms with Crippen LogP contribution in [0, 0.1) is 12.8 Å². The van der Waals surface area contributed by atoms with Crippen LogP contribution in [0.3, 0.4) is 0 Å². The Morgan fingerprint density at radius 3 is 2.81 bits per heavy atom. The quantitative estimate of drug-likeness (QED) is 0.792. The lowest BCUT2D eigenvalue weighted by Crippen LogP contribution is -2.30. The van der Waals surface area contributed by atoms with Crippen LogP contribution in [0.25, 0.3) is 0 Å². The molecule has 0 spiro atoms. The van der Waals surface area contributed by atoms with Crippen molar-refractivity contribution in [1.82, 2.24) is 4.72 Å². The van der Waals surface area contributed by atoms with Gasteiger partial charge in [0.15, 0.2) is 0 Å². The van der Waals surface area contributed by atoms with Crippen LogP contribution in [0.4, 0.5) is 0 Å². The van der Waals surface area contributed by atoms with Gasteiger partial charge in [0.2, 0.25) is 10.0 Å². The van der Waals surface area contributed by atoms with Gasteiger partial charge in [-0.2, -0.15) is 0 Å². The molecule has 2 rings (SSSR count). The number of ether oxygens (including phenoxy) is 1. The van der Waals surface area contributed by atoms with Crippen molar-refractivity contribution in [2.24, 2.45) is 5.92 Å². The maximum absolute atomic E-state index is 12.4. The van der Waals surface area contributed by atoms with Crippen LogP contribution < -0.4 is 4.72 Å². The first kappa shape index (κ1) is 16.4. The van der Waals surface area contributed by atoms with E-state index in [1.54, 1.807) is 12.3 Å². The Morgan fingerprint density at radius 2 is 2.24 bits per heavy atom. The number of nitrogens with one attached hydrogen (secondary N) is 1. The molecule has 6 nitrogen and oxygen atoms in total. The van der Waals surface area contributed by atoms with Gasteiger partial charge in [-0.05, 0) is 43.0 Å². The Balaban J connectivity index is 2.16. The summed E-state index contributed by atoms with van der Waals surface area (Å²) in [6, 6.07) is 0. The Labute approximate surface area is 128 Å². The number of carbonyl (C=O) groups is 1. The molecule has 1 aromatic rings. The van der Waals surface area contributed by atoms with Crippen LogP contribution in [0.5, 0.6) is 0 Å². The molecule has 1 fully saturated rings. The minimum absolute atomic E-state index is 0.00195. The SMILES string of the molecule is COC(=O)c1scc(C)c1S(=O)(=O)NCC1CCC(O)C1. The van der Waals surface area contributed by atoms with E-state index >= 15 is 0 Å². The third kappa shape index (κ3) is 3.63. The smallest absolute Gasteiger partial charge is 0.349 e. The number of sulfonamides is 1. The van der Waals surface area contributed by atoms with Crippen molar-refractivity contribution in [2.75, 3.05) is 13.7 Å². The predicted octanol–water partition coefficient (Wildman–Crippen LogP) is 1.28. The molecule has 2 N–H and O–H groups in total. The van der Waals surface area contributed by atoms with E-state index < -0.39 is 16.0 Å². The first-order valence-electron chi connectivity index (χ1n) is 6.69. The molecular formula is C13H19NO5S2. The molecule has 8 heteroatoms. The van der Waals surface area contributed by atoms with Crippen molar-refractivity contribution < 1.29 is 23.1 Å². The zero-order valence-corrected chi connectivity index (χ0v) is 13.6. The zero-order chi connectivity index (χ0) is 15.6. The largest absolute Gasteiger partial charge is 0.465 e.